The highest BCUT2D eigenvalue weighted by atomic mass is 28.3. The summed E-state index contributed by atoms with van der Waals surface area (Å²) >= 11 is 0. The van der Waals surface area contributed by atoms with Crippen molar-refractivity contribution in [3.63, 3.8) is 0 Å². The van der Waals surface area contributed by atoms with Crippen molar-refractivity contribution < 1.29 is 14.3 Å². The van der Waals surface area contributed by atoms with Crippen molar-refractivity contribution in [2.75, 3.05) is 0 Å². The van der Waals surface area contributed by atoms with Gasteiger partial charge in [0.15, 0.2) is 0 Å². The first-order chi connectivity index (χ1) is 7.35. The standard InChI is InChI=1S/C11H17NO3Si/c1-8(15-7-13)10-9(12-11(10)14)5-6-16(2,3)4/h7-10H,1-4H3,(H,12,14)/t8-,9+,10-/m1/s1. The van der Waals surface area contributed by atoms with E-state index in [0.717, 1.165) is 0 Å². The van der Waals surface area contributed by atoms with Crippen molar-refractivity contribution in [2.24, 2.45) is 5.92 Å². The number of amides is 1. The van der Waals surface area contributed by atoms with E-state index in [2.05, 4.69) is 36.4 Å². The Morgan fingerprint density at radius 2 is 2.12 bits per heavy atom. The Morgan fingerprint density at radius 3 is 2.56 bits per heavy atom. The molecule has 0 aromatic carbocycles. The Hall–Kier alpha value is -1.28. The molecule has 0 saturated carbocycles. The van der Waals surface area contributed by atoms with E-state index in [1.54, 1.807) is 6.92 Å². The summed E-state index contributed by atoms with van der Waals surface area (Å²) in [6.07, 6.45) is -0.410. The molecular weight excluding hydrogens is 222 g/mol. The number of carbonyl (C=O) groups excluding carboxylic acids is 2. The molecule has 16 heavy (non-hydrogen) atoms. The molecular formula is C11H17NO3Si. The van der Waals surface area contributed by atoms with Gasteiger partial charge in [-0.2, -0.15) is 0 Å². The van der Waals surface area contributed by atoms with E-state index in [9.17, 15) is 9.59 Å². The Labute approximate surface area is 96.7 Å². The molecule has 0 unspecified atom stereocenters. The van der Waals surface area contributed by atoms with E-state index in [0.29, 0.717) is 6.47 Å². The minimum atomic E-state index is -1.43. The monoisotopic (exact) mass is 239 g/mol. The van der Waals surface area contributed by atoms with Gasteiger partial charge in [-0.25, -0.2) is 0 Å². The third-order valence-corrected chi connectivity index (χ3v) is 3.23. The summed E-state index contributed by atoms with van der Waals surface area (Å²) in [6.45, 7) is 8.50. The first kappa shape index (κ1) is 12.8. The SMILES string of the molecule is C[C@@H](OC=O)[C@H]1C(=O)N[C@H]1C#C[Si](C)(C)C. The minimum Gasteiger partial charge on any atom is -0.464 e. The molecule has 88 valence electrons. The second-order valence-corrected chi connectivity index (χ2v) is 9.72. The van der Waals surface area contributed by atoms with Crippen LogP contribution in [0.5, 0.6) is 0 Å². The maximum atomic E-state index is 11.3. The molecule has 3 atom stereocenters. The summed E-state index contributed by atoms with van der Waals surface area (Å²) in [5.74, 6) is 2.64. The predicted octanol–water partition coefficient (Wildman–Crippen LogP) is 0.543. The average molecular weight is 239 g/mol. The molecule has 0 radical (unpaired) electrons. The zero-order valence-corrected chi connectivity index (χ0v) is 11.0. The molecule has 1 heterocycles. The Morgan fingerprint density at radius 1 is 1.50 bits per heavy atom. The molecule has 1 aliphatic heterocycles. The first-order valence-corrected chi connectivity index (χ1v) is 8.77. The van der Waals surface area contributed by atoms with Crippen LogP contribution >= 0.6 is 0 Å². The third kappa shape index (κ3) is 3.10. The summed E-state index contributed by atoms with van der Waals surface area (Å²) in [5.41, 5.74) is 3.20. The van der Waals surface area contributed by atoms with Gasteiger partial charge in [-0.15, -0.1) is 5.54 Å². The van der Waals surface area contributed by atoms with Gasteiger partial charge in [0, 0.05) is 0 Å². The Bertz CT molecular complexity index is 350. The molecule has 0 aromatic rings. The van der Waals surface area contributed by atoms with E-state index in [1.807, 2.05) is 0 Å². The fourth-order valence-corrected chi connectivity index (χ4v) is 2.06. The van der Waals surface area contributed by atoms with Gasteiger partial charge in [0.25, 0.3) is 6.47 Å². The van der Waals surface area contributed by atoms with Gasteiger partial charge in [0.2, 0.25) is 5.91 Å². The number of ether oxygens (including phenoxy) is 1. The lowest BCUT2D eigenvalue weighted by molar-refractivity contribution is -0.147. The zero-order chi connectivity index (χ0) is 12.3. The molecule has 4 nitrogen and oxygen atoms in total. The number of hydrogen-bond acceptors (Lipinski definition) is 3. The fourth-order valence-electron chi connectivity index (χ4n) is 1.47. The van der Waals surface area contributed by atoms with Crippen LogP contribution < -0.4 is 5.32 Å². The molecule has 0 bridgehead atoms. The molecule has 0 aromatic heterocycles. The van der Waals surface area contributed by atoms with Crippen LogP contribution in [-0.4, -0.2) is 32.6 Å². The van der Waals surface area contributed by atoms with Crippen molar-refractivity contribution in [2.45, 2.75) is 38.7 Å². The molecule has 0 spiro atoms. The molecule has 1 rings (SSSR count). The summed E-state index contributed by atoms with van der Waals surface area (Å²) in [7, 11) is -1.43. The van der Waals surface area contributed by atoms with Crippen LogP contribution in [0.2, 0.25) is 19.6 Å². The van der Waals surface area contributed by atoms with Gasteiger partial charge in [-0.3, -0.25) is 9.59 Å². The molecule has 1 fully saturated rings. The van der Waals surface area contributed by atoms with Crippen LogP contribution in [0.4, 0.5) is 0 Å². The van der Waals surface area contributed by atoms with Crippen molar-refractivity contribution in [3.8, 4) is 11.5 Å². The van der Waals surface area contributed by atoms with Crippen LogP contribution in [0.15, 0.2) is 0 Å². The average Bonchev–Trinajstić information content (AvgIpc) is 2.10. The molecule has 0 aliphatic carbocycles. The maximum Gasteiger partial charge on any atom is 0.293 e. The number of β-lactam (4-membered cyclic amide) rings is 1. The van der Waals surface area contributed by atoms with Crippen molar-refractivity contribution in [1.82, 2.24) is 5.32 Å². The maximum absolute atomic E-state index is 11.3. The third-order valence-electron chi connectivity index (χ3n) is 2.34. The summed E-state index contributed by atoms with van der Waals surface area (Å²) in [4.78, 5) is 21.5. The predicted molar refractivity (Wildman–Crippen MR) is 63.2 cm³/mol. The van der Waals surface area contributed by atoms with Gasteiger partial charge < -0.3 is 10.1 Å². The quantitative estimate of drug-likeness (QED) is 0.338. The normalized spacial score (nSPS) is 25.6. The molecule has 1 saturated heterocycles. The van der Waals surface area contributed by atoms with E-state index in [-0.39, 0.29) is 17.9 Å². The lowest BCUT2D eigenvalue weighted by atomic mass is 9.86. The lowest BCUT2D eigenvalue weighted by Gasteiger charge is -2.36. The van der Waals surface area contributed by atoms with Crippen LogP contribution in [0.3, 0.4) is 0 Å². The van der Waals surface area contributed by atoms with Crippen molar-refractivity contribution >= 4 is 20.5 Å². The van der Waals surface area contributed by atoms with Gasteiger partial charge >= 0.3 is 0 Å². The smallest absolute Gasteiger partial charge is 0.293 e. The largest absolute Gasteiger partial charge is 0.464 e. The molecule has 1 N–H and O–H groups in total. The number of rotatable bonds is 3. The Kier molecular flexibility index (Phi) is 3.76. The summed E-state index contributed by atoms with van der Waals surface area (Å²) in [5, 5.41) is 2.72. The van der Waals surface area contributed by atoms with Crippen molar-refractivity contribution in [3.05, 3.63) is 0 Å². The summed E-state index contributed by atoms with van der Waals surface area (Å²) < 4.78 is 4.78. The van der Waals surface area contributed by atoms with E-state index in [1.165, 1.54) is 0 Å². The van der Waals surface area contributed by atoms with Gasteiger partial charge in [0.05, 0.1) is 0 Å². The molecule has 1 aliphatic rings. The first-order valence-electron chi connectivity index (χ1n) is 5.27. The number of nitrogens with one attached hydrogen (secondary N) is 1. The van der Waals surface area contributed by atoms with Crippen LogP contribution in [-0.2, 0) is 14.3 Å². The van der Waals surface area contributed by atoms with Gasteiger partial charge in [0.1, 0.15) is 26.1 Å². The summed E-state index contributed by atoms with van der Waals surface area (Å²) in [6, 6.07) is -0.172. The second kappa shape index (κ2) is 4.70. The van der Waals surface area contributed by atoms with Crippen molar-refractivity contribution in [1.29, 1.82) is 0 Å². The number of hydrogen-bond donors (Lipinski definition) is 1. The highest BCUT2D eigenvalue weighted by Gasteiger charge is 2.43. The van der Waals surface area contributed by atoms with E-state index < -0.39 is 14.2 Å². The Balaban J connectivity index is 2.66. The molecule has 1 amide bonds. The minimum absolute atomic E-state index is 0.0933. The van der Waals surface area contributed by atoms with Crippen LogP contribution in [0, 0.1) is 17.4 Å². The molecule has 5 heteroatoms. The van der Waals surface area contributed by atoms with Gasteiger partial charge in [-0.05, 0) is 6.92 Å². The fraction of sp³-hybridized carbons (Fsp3) is 0.636. The highest BCUT2D eigenvalue weighted by molar-refractivity contribution is 6.83. The topological polar surface area (TPSA) is 55.4 Å². The van der Waals surface area contributed by atoms with Crippen LogP contribution in [0.25, 0.3) is 0 Å². The highest BCUT2D eigenvalue weighted by Crippen LogP contribution is 2.20. The van der Waals surface area contributed by atoms with Crippen LogP contribution in [0.1, 0.15) is 6.92 Å². The second-order valence-electron chi connectivity index (χ2n) is 4.97. The van der Waals surface area contributed by atoms with E-state index >= 15 is 0 Å². The van der Waals surface area contributed by atoms with E-state index in [4.69, 9.17) is 4.74 Å². The number of carbonyl (C=O) groups is 2. The lowest BCUT2D eigenvalue weighted by Crippen LogP contribution is -2.61. The van der Waals surface area contributed by atoms with Gasteiger partial charge in [-0.1, -0.05) is 25.6 Å². The zero-order valence-electron chi connectivity index (χ0n) is 10.0.